The maximum Gasteiger partial charge on any atom is 0.169 e. The SMILES string of the molecule is CC(C)NC(C)(C#N)CCSc1ncns1. The summed E-state index contributed by atoms with van der Waals surface area (Å²) in [7, 11) is 0. The molecule has 88 valence electrons. The molecule has 0 amide bonds. The minimum Gasteiger partial charge on any atom is -0.297 e. The normalized spacial score (nSPS) is 14.7. The van der Waals surface area contributed by atoms with Gasteiger partial charge in [-0.05, 0) is 38.7 Å². The summed E-state index contributed by atoms with van der Waals surface area (Å²) >= 11 is 3.04. The van der Waals surface area contributed by atoms with Crippen molar-refractivity contribution < 1.29 is 0 Å². The molecule has 0 fully saturated rings. The second kappa shape index (κ2) is 6.18. The van der Waals surface area contributed by atoms with Crippen LogP contribution in [-0.4, -0.2) is 26.7 Å². The minimum atomic E-state index is -0.453. The predicted molar refractivity (Wildman–Crippen MR) is 67.5 cm³/mol. The van der Waals surface area contributed by atoms with Crippen molar-refractivity contribution in [1.29, 1.82) is 5.26 Å². The summed E-state index contributed by atoms with van der Waals surface area (Å²) in [6, 6.07) is 2.65. The highest BCUT2D eigenvalue weighted by atomic mass is 32.2. The molecule has 0 aliphatic carbocycles. The highest BCUT2D eigenvalue weighted by Gasteiger charge is 2.23. The van der Waals surface area contributed by atoms with Gasteiger partial charge in [0.25, 0.3) is 0 Å². The van der Waals surface area contributed by atoms with Gasteiger partial charge in [0, 0.05) is 11.8 Å². The van der Waals surface area contributed by atoms with Gasteiger partial charge in [0.05, 0.1) is 6.07 Å². The highest BCUT2D eigenvalue weighted by molar-refractivity contribution is 8.00. The van der Waals surface area contributed by atoms with Gasteiger partial charge in [0.1, 0.15) is 11.9 Å². The van der Waals surface area contributed by atoms with Crippen LogP contribution >= 0.6 is 23.3 Å². The lowest BCUT2D eigenvalue weighted by atomic mass is 10.0. The Morgan fingerprint density at radius 2 is 2.44 bits per heavy atom. The van der Waals surface area contributed by atoms with E-state index in [4.69, 9.17) is 5.26 Å². The monoisotopic (exact) mass is 256 g/mol. The first-order valence-electron chi connectivity index (χ1n) is 5.14. The van der Waals surface area contributed by atoms with Crippen molar-refractivity contribution in [2.45, 2.75) is 43.1 Å². The van der Waals surface area contributed by atoms with Crippen LogP contribution in [-0.2, 0) is 0 Å². The van der Waals surface area contributed by atoms with Gasteiger partial charge in [-0.15, -0.1) is 0 Å². The smallest absolute Gasteiger partial charge is 0.169 e. The second-order valence-corrected chi connectivity index (χ2v) is 6.17. The number of aromatic nitrogens is 2. The van der Waals surface area contributed by atoms with Crippen LogP contribution in [0, 0.1) is 11.3 Å². The number of rotatable bonds is 6. The number of nitrogens with zero attached hydrogens (tertiary/aromatic N) is 3. The first-order valence-corrected chi connectivity index (χ1v) is 6.90. The Bertz CT molecular complexity index is 344. The number of nitrogens with one attached hydrogen (secondary N) is 1. The highest BCUT2D eigenvalue weighted by Crippen LogP contribution is 2.22. The van der Waals surface area contributed by atoms with Crippen molar-refractivity contribution in [2.24, 2.45) is 0 Å². The van der Waals surface area contributed by atoms with Gasteiger partial charge in [-0.25, -0.2) is 4.98 Å². The third-order valence-corrected chi connectivity index (χ3v) is 3.82. The maximum absolute atomic E-state index is 9.14. The van der Waals surface area contributed by atoms with Gasteiger partial charge in [-0.2, -0.15) is 9.64 Å². The first-order chi connectivity index (χ1) is 7.56. The van der Waals surface area contributed by atoms with Crippen molar-refractivity contribution in [3.8, 4) is 6.07 Å². The molecule has 6 heteroatoms. The molecule has 0 aromatic carbocycles. The molecule has 4 nitrogen and oxygen atoms in total. The fourth-order valence-corrected chi connectivity index (χ4v) is 3.04. The summed E-state index contributed by atoms with van der Waals surface area (Å²) in [6.07, 6.45) is 2.36. The molecular weight excluding hydrogens is 240 g/mol. The van der Waals surface area contributed by atoms with Gasteiger partial charge in [0.15, 0.2) is 4.34 Å². The summed E-state index contributed by atoms with van der Waals surface area (Å²) < 4.78 is 4.90. The van der Waals surface area contributed by atoms with Crippen molar-refractivity contribution in [3.63, 3.8) is 0 Å². The van der Waals surface area contributed by atoms with Gasteiger partial charge >= 0.3 is 0 Å². The molecule has 0 aliphatic rings. The standard InChI is InChI=1S/C10H16N4S2/c1-8(2)14-10(3,6-11)4-5-15-9-12-7-13-16-9/h7-8,14H,4-5H2,1-3H3. The lowest BCUT2D eigenvalue weighted by Gasteiger charge is -2.25. The minimum absolute atomic E-state index is 0.316. The largest absolute Gasteiger partial charge is 0.297 e. The Morgan fingerprint density at radius 1 is 1.69 bits per heavy atom. The maximum atomic E-state index is 9.14. The first kappa shape index (κ1) is 13.4. The fourth-order valence-electron chi connectivity index (χ4n) is 1.37. The number of thioether (sulfide) groups is 1. The summed E-state index contributed by atoms with van der Waals surface area (Å²) in [5.74, 6) is 0.874. The number of nitriles is 1. The van der Waals surface area contributed by atoms with Gasteiger partial charge in [-0.1, -0.05) is 11.8 Å². The molecule has 16 heavy (non-hydrogen) atoms. The zero-order chi connectivity index (χ0) is 12.0. The molecular formula is C10H16N4S2. The van der Waals surface area contributed by atoms with Crippen LogP contribution in [0.2, 0.25) is 0 Å². The van der Waals surface area contributed by atoms with Crippen LogP contribution in [0.4, 0.5) is 0 Å². The Morgan fingerprint density at radius 3 is 2.94 bits per heavy atom. The fraction of sp³-hybridized carbons (Fsp3) is 0.700. The third-order valence-electron chi connectivity index (χ3n) is 2.02. The molecule has 1 unspecified atom stereocenters. The average molecular weight is 256 g/mol. The predicted octanol–water partition coefficient (Wildman–Crippen LogP) is 2.30. The molecule has 0 saturated heterocycles. The Labute approximate surface area is 105 Å². The van der Waals surface area contributed by atoms with E-state index in [1.807, 2.05) is 20.8 Å². The van der Waals surface area contributed by atoms with Crippen molar-refractivity contribution >= 4 is 23.3 Å². The van der Waals surface area contributed by atoms with E-state index in [9.17, 15) is 0 Å². The van der Waals surface area contributed by atoms with E-state index in [-0.39, 0.29) is 0 Å². The van der Waals surface area contributed by atoms with Crippen LogP contribution in [0.3, 0.4) is 0 Å². The molecule has 0 spiro atoms. The van der Waals surface area contributed by atoms with Crippen LogP contribution in [0.1, 0.15) is 27.2 Å². The van der Waals surface area contributed by atoms with E-state index in [1.54, 1.807) is 18.1 Å². The Kier molecular flexibility index (Phi) is 5.19. The quantitative estimate of drug-likeness (QED) is 0.791. The molecule has 1 aromatic rings. The molecule has 0 aliphatic heterocycles. The zero-order valence-electron chi connectivity index (χ0n) is 9.73. The van der Waals surface area contributed by atoms with Gasteiger partial charge in [-0.3, -0.25) is 5.32 Å². The van der Waals surface area contributed by atoms with Crippen LogP contribution in [0.25, 0.3) is 0 Å². The lowest BCUT2D eigenvalue weighted by molar-refractivity contribution is 0.397. The molecule has 0 bridgehead atoms. The second-order valence-electron chi connectivity index (χ2n) is 4.05. The van der Waals surface area contributed by atoms with E-state index < -0.39 is 5.54 Å². The van der Waals surface area contributed by atoms with E-state index in [0.717, 1.165) is 16.5 Å². The zero-order valence-corrected chi connectivity index (χ0v) is 11.4. The topological polar surface area (TPSA) is 61.6 Å². The molecule has 1 atom stereocenters. The van der Waals surface area contributed by atoms with Crippen LogP contribution < -0.4 is 5.32 Å². The molecule has 1 heterocycles. The summed E-state index contributed by atoms with van der Waals surface area (Å²) in [5.41, 5.74) is -0.453. The van der Waals surface area contributed by atoms with Gasteiger partial charge < -0.3 is 0 Å². The van der Waals surface area contributed by atoms with E-state index in [1.165, 1.54) is 11.5 Å². The summed E-state index contributed by atoms with van der Waals surface area (Å²) in [4.78, 5) is 4.09. The van der Waals surface area contributed by atoms with E-state index in [0.29, 0.717) is 6.04 Å². The van der Waals surface area contributed by atoms with E-state index >= 15 is 0 Å². The molecule has 1 rings (SSSR count). The average Bonchev–Trinajstić information content (AvgIpc) is 2.69. The van der Waals surface area contributed by atoms with Gasteiger partial charge in [0.2, 0.25) is 0 Å². The van der Waals surface area contributed by atoms with E-state index in [2.05, 4.69) is 20.7 Å². The molecule has 0 saturated carbocycles. The Balaban J connectivity index is 2.37. The molecule has 0 radical (unpaired) electrons. The van der Waals surface area contributed by atoms with Crippen LogP contribution in [0.5, 0.6) is 0 Å². The van der Waals surface area contributed by atoms with Crippen molar-refractivity contribution in [1.82, 2.24) is 14.7 Å². The molecule has 1 aromatic heterocycles. The van der Waals surface area contributed by atoms with Crippen molar-refractivity contribution in [3.05, 3.63) is 6.33 Å². The molecule has 1 N–H and O–H groups in total. The summed E-state index contributed by atoms with van der Waals surface area (Å²) in [5, 5.41) is 12.4. The lowest BCUT2D eigenvalue weighted by Crippen LogP contribution is -2.45. The van der Waals surface area contributed by atoms with Crippen LogP contribution in [0.15, 0.2) is 10.7 Å². The number of hydrogen-bond acceptors (Lipinski definition) is 6. The summed E-state index contributed by atoms with van der Waals surface area (Å²) in [6.45, 7) is 6.04. The Hall–Kier alpha value is -0.640. The van der Waals surface area contributed by atoms with Crippen molar-refractivity contribution in [2.75, 3.05) is 5.75 Å². The number of hydrogen-bond donors (Lipinski definition) is 1. The third kappa shape index (κ3) is 4.47.